The van der Waals surface area contributed by atoms with Gasteiger partial charge in [-0.05, 0) is 78.0 Å². The number of piperidine rings is 1. The Morgan fingerprint density at radius 1 is 1.12 bits per heavy atom. The first-order chi connectivity index (χ1) is 12.7. The van der Waals surface area contributed by atoms with Gasteiger partial charge in [-0.15, -0.1) is 0 Å². The molecule has 0 aliphatic carbocycles. The molecule has 3 heterocycles. The Labute approximate surface area is 164 Å². The highest BCUT2D eigenvalue weighted by atomic mass is 79.9. The number of ether oxygens (including phenoxy) is 1. The molecular weight excluding hydrogens is 390 g/mol. The molecule has 2 aromatic rings. The summed E-state index contributed by atoms with van der Waals surface area (Å²) in [5.74, 6) is 1.00. The van der Waals surface area contributed by atoms with Gasteiger partial charge in [0.15, 0.2) is 0 Å². The third-order valence-electron chi connectivity index (χ3n) is 5.70. The van der Waals surface area contributed by atoms with E-state index in [4.69, 9.17) is 4.74 Å². The van der Waals surface area contributed by atoms with Crippen molar-refractivity contribution in [2.75, 3.05) is 7.05 Å². The maximum absolute atomic E-state index is 6.33. The highest BCUT2D eigenvalue weighted by Crippen LogP contribution is 2.36. The maximum Gasteiger partial charge on any atom is 0.120 e. The number of nitrogens with zero attached hydrogens (tertiary/aromatic N) is 2. The summed E-state index contributed by atoms with van der Waals surface area (Å²) in [4.78, 5) is 6.81. The summed E-state index contributed by atoms with van der Waals surface area (Å²) >= 11 is 3.37. The molecule has 0 spiro atoms. The van der Waals surface area contributed by atoms with Crippen molar-refractivity contribution in [1.82, 2.24) is 15.2 Å². The van der Waals surface area contributed by atoms with Crippen molar-refractivity contribution in [3.05, 3.63) is 58.3 Å². The molecule has 3 atom stereocenters. The molecule has 1 aromatic carbocycles. The van der Waals surface area contributed by atoms with Gasteiger partial charge in [0.05, 0.1) is 0 Å². The quantitative estimate of drug-likeness (QED) is 0.719. The van der Waals surface area contributed by atoms with Crippen molar-refractivity contribution in [1.29, 1.82) is 0 Å². The molecule has 0 saturated carbocycles. The second kappa shape index (κ2) is 8.07. The van der Waals surface area contributed by atoms with Gasteiger partial charge in [0.25, 0.3) is 0 Å². The second-order valence-electron chi connectivity index (χ2n) is 7.50. The molecule has 2 aliphatic heterocycles. The minimum atomic E-state index is 0.362. The smallest absolute Gasteiger partial charge is 0.120 e. The number of benzene rings is 1. The van der Waals surface area contributed by atoms with Gasteiger partial charge in [0.2, 0.25) is 0 Å². The van der Waals surface area contributed by atoms with Crippen LogP contribution in [-0.2, 0) is 13.1 Å². The molecule has 4 rings (SSSR count). The predicted molar refractivity (Wildman–Crippen MR) is 107 cm³/mol. The fourth-order valence-corrected chi connectivity index (χ4v) is 4.48. The van der Waals surface area contributed by atoms with E-state index in [2.05, 4.69) is 68.5 Å². The Hall–Kier alpha value is -1.43. The number of pyridine rings is 1. The standard InChI is InChI=1S/C21H26BrN3O/c1-25-17-6-7-18(25)11-20(10-17)26-19-4-2-3-15(9-19)12-23-13-16-5-8-21(22)24-14-16/h2-5,8-9,14,17-18,20,23H,6-7,10-13H2,1H3/t17-,18+,20-. The summed E-state index contributed by atoms with van der Waals surface area (Å²) in [5.41, 5.74) is 2.44. The van der Waals surface area contributed by atoms with Gasteiger partial charge in [-0.25, -0.2) is 4.98 Å². The summed E-state index contributed by atoms with van der Waals surface area (Å²) in [6.07, 6.45) is 7.23. The lowest BCUT2D eigenvalue weighted by Gasteiger charge is -2.36. The second-order valence-corrected chi connectivity index (χ2v) is 8.31. The van der Waals surface area contributed by atoms with E-state index in [9.17, 15) is 0 Å². The number of halogens is 1. The first kappa shape index (κ1) is 18.0. The van der Waals surface area contributed by atoms with Crippen molar-refractivity contribution >= 4 is 15.9 Å². The van der Waals surface area contributed by atoms with Crippen LogP contribution < -0.4 is 10.1 Å². The van der Waals surface area contributed by atoms with Crippen molar-refractivity contribution in [3.8, 4) is 5.75 Å². The van der Waals surface area contributed by atoms with E-state index in [1.165, 1.54) is 24.0 Å². The van der Waals surface area contributed by atoms with Crippen LogP contribution in [0.2, 0.25) is 0 Å². The molecular formula is C21H26BrN3O. The first-order valence-electron chi connectivity index (χ1n) is 9.46. The molecule has 0 unspecified atom stereocenters. The third-order valence-corrected chi connectivity index (χ3v) is 6.17. The molecule has 4 nitrogen and oxygen atoms in total. The third kappa shape index (κ3) is 4.27. The summed E-state index contributed by atoms with van der Waals surface area (Å²) in [6.45, 7) is 1.63. The summed E-state index contributed by atoms with van der Waals surface area (Å²) < 4.78 is 7.20. The van der Waals surface area contributed by atoms with Crippen LogP contribution in [0.1, 0.15) is 36.8 Å². The van der Waals surface area contributed by atoms with E-state index in [0.29, 0.717) is 18.2 Å². The Morgan fingerprint density at radius 3 is 2.62 bits per heavy atom. The van der Waals surface area contributed by atoms with E-state index < -0.39 is 0 Å². The molecule has 2 bridgehead atoms. The Kier molecular flexibility index (Phi) is 5.57. The zero-order chi connectivity index (χ0) is 17.9. The molecule has 0 radical (unpaired) electrons. The Balaban J connectivity index is 1.30. The average molecular weight is 416 g/mol. The summed E-state index contributed by atoms with van der Waals surface area (Å²) in [6, 6.07) is 14.0. The van der Waals surface area contributed by atoms with Crippen LogP contribution in [0.15, 0.2) is 47.2 Å². The highest BCUT2D eigenvalue weighted by molar-refractivity contribution is 9.10. The van der Waals surface area contributed by atoms with E-state index in [1.54, 1.807) is 0 Å². The predicted octanol–water partition coefficient (Wildman–Crippen LogP) is 4.14. The van der Waals surface area contributed by atoms with Crippen LogP contribution >= 0.6 is 15.9 Å². The average Bonchev–Trinajstić information content (AvgIpc) is 2.85. The zero-order valence-corrected chi connectivity index (χ0v) is 16.8. The molecule has 1 N–H and O–H groups in total. The lowest BCUT2D eigenvalue weighted by Crippen LogP contribution is -2.43. The molecule has 2 aliphatic rings. The molecule has 138 valence electrons. The molecule has 0 amide bonds. The van der Waals surface area contributed by atoms with Crippen LogP contribution in [0.5, 0.6) is 5.75 Å². The number of rotatable bonds is 6. The van der Waals surface area contributed by atoms with Crippen molar-refractivity contribution < 1.29 is 4.74 Å². The van der Waals surface area contributed by atoms with Gasteiger partial charge in [-0.3, -0.25) is 0 Å². The van der Waals surface area contributed by atoms with Crippen molar-refractivity contribution in [3.63, 3.8) is 0 Å². The van der Waals surface area contributed by atoms with Crippen LogP contribution in [0.3, 0.4) is 0 Å². The zero-order valence-electron chi connectivity index (χ0n) is 15.2. The van der Waals surface area contributed by atoms with E-state index in [0.717, 1.165) is 36.3 Å². The van der Waals surface area contributed by atoms with Crippen molar-refractivity contribution in [2.24, 2.45) is 0 Å². The minimum absolute atomic E-state index is 0.362. The summed E-state index contributed by atoms with van der Waals surface area (Å²) in [5, 5.41) is 3.48. The molecule has 1 aromatic heterocycles. The van der Waals surface area contributed by atoms with Crippen molar-refractivity contribution in [2.45, 2.75) is 57.0 Å². The largest absolute Gasteiger partial charge is 0.490 e. The van der Waals surface area contributed by atoms with Gasteiger partial charge >= 0.3 is 0 Å². The fourth-order valence-electron chi connectivity index (χ4n) is 4.24. The van der Waals surface area contributed by atoms with Crippen LogP contribution in [0.4, 0.5) is 0 Å². The van der Waals surface area contributed by atoms with Crippen LogP contribution in [0, 0.1) is 0 Å². The molecule has 2 saturated heterocycles. The lowest BCUT2D eigenvalue weighted by atomic mass is 10.0. The number of aromatic nitrogens is 1. The normalized spacial score (nSPS) is 25.4. The van der Waals surface area contributed by atoms with Gasteiger partial charge in [-0.1, -0.05) is 18.2 Å². The molecule has 26 heavy (non-hydrogen) atoms. The lowest BCUT2D eigenvalue weighted by molar-refractivity contribution is 0.0661. The van der Waals surface area contributed by atoms with Gasteiger partial charge in [-0.2, -0.15) is 0 Å². The monoisotopic (exact) mass is 415 g/mol. The first-order valence-corrected chi connectivity index (χ1v) is 10.3. The Bertz CT molecular complexity index is 722. The molecule has 5 heteroatoms. The number of fused-ring (bicyclic) bond motifs is 2. The number of nitrogens with one attached hydrogen (secondary N) is 1. The van der Waals surface area contributed by atoms with E-state index >= 15 is 0 Å². The highest BCUT2D eigenvalue weighted by Gasteiger charge is 2.39. The van der Waals surface area contributed by atoms with Crippen LogP contribution in [-0.4, -0.2) is 35.1 Å². The number of hydrogen-bond donors (Lipinski definition) is 1. The molecule has 2 fully saturated rings. The van der Waals surface area contributed by atoms with E-state index in [1.807, 2.05) is 12.3 Å². The topological polar surface area (TPSA) is 37.4 Å². The van der Waals surface area contributed by atoms with E-state index in [-0.39, 0.29) is 0 Å². The van der Waals surface area contributed by atoms with Gasteiger partial charge < -0.3 is 15.0 Å². The van der Waals surface area contributed by atoms with Crippen LogP contribution in [0.25, 0.3) is 0 Å². The number of hydrogen-bond acceptors (Lipinski definition) is 4. The SMILES string of the molecule is CN1[C@@H]2CC[C@H]1C[C@H](Oc1cccc(CNCc3ccc(Br)nc3)c1)C2. The minimum Gasteiger partial charge on any atom is -0.490 e. The van der Waals surface area contributed by atoms with Gasteiger partial charge in [0, 0.05) is 31.4 Å². The maximum atomic E-state index is 6.33. The van der Waals surface area contributed by atoms with Gasteiger partial charge in [0.1, 0.15) is 16.5 Å². The fraction of sp³-hybridized carbons (Fsp3) is 0.476. The summed E-state index contributed by atoms with van der Waals surface area (Å²) in [7, 11) is 2.27. The Morgan fingerprint density at radius 2 is 1.88 bits per heavy atom.